The molecule has 0 atom stereocenters. The number of carbonyl (C=O) groups is 2. The second-order valence-electron chi connectivity index (χ2n) is 6.44. The summed E-state index contributed by atoms with van der Waals surface area (Å²) in [4.78, 5) is 25.2. The molecule has 3 aromatic carbocycles. The highest BCUT2D eigenvalue weighted by Crippen LogP contribution is 2.16. The molecule has 136 valence electrons. The Morgan fingerprint density at radius 2 is 1.67 bits per heavy atom. The van der Waals surface area contributed by atoms with Crippen molar-refractivity contribution in [1.82, 2.24) is 5.32 Å². The molecule has 0 saturated carbocycles. The smallest absolute Gasteiger partial charge is 0.251 e. The molecule has 0 radical (unpaired) electrons. The van der Waals surface area contributed by atoms with Crippen molar-refractivity contribution in [3.05, 3.63) is 106 Å². The monoisotopic (exact) mass is 377 g/mol. The minimum absolute atomic E-state index is 0.0729. The first-order valence-electron chi connectivity index (χ1n) is 8.73. The van der Waals surface area contributed by atoms with Gasteiger partial charge < -0.3 is 5.32 Å². The fourth-order valence-corrected chi connectivity index (χ4v) is 3.01. The van der Waals surface area contributed by atoms with Gasteiger partial charge in [0.1, 0.15) is 0 Å². The van der Waals surface area contributed by atoms with E-state index in [1.807, 2.05) is 43.3 Å². The minimum Gasteiger partial charge on any atom is -0.348 e. The lowest BCUT2D eigenvalue weighted by molar-refractivity contribution is 0.0950. The van der Waals surface area contributed by atoms with E-state index in [0.29, 0.717) is 28.3 Å². The normalized spacial score (nSPS) is 10.4. The highest BCUT2D eigenvalue weighted by Gasteiger charge is 2.15. The van der Waals surface area contributed by atoms with Crippen molar-refractivity contribution in [2.75, 3.05) is 0 Å². The van der Waals surface area contributed by atoms with E-state index in [2.05, 4.69) is 5.32 Å². The lowest BCUT2D eigenvalue weighted by Crippen LogP contribution is -2.24. The number of benzene rings is 3. The summed E-state index contributed by atoms with van der Waals surface area (Å²) >= 11 is 5.97. The quantitative estimate of drug-likeness (QED) is 0.614. The Balaban J connectivity index is 1.72. The largest absolute Gasteiger partial charge is 0.348 e. The molecule has 0 aliphatic rings. The van der Waals surface area contributed by atoms with Gasteiger partial charge in [-0.05, 0) is 36.2 Å². The maximum atomic E-state index is 12.6. The topological polar surface area (TPSA) is 46.2 Å². The molecular weight excluding hydrogens is 358 g/mol. The second-order valence-corrected chi connectivity index (χ2v) is 6.87. The number of aryl methyl sites for hydroxylation is 1. The molecule has 0 unspecified atom stereocenters. The third-order valence-electron chi connectivity index (χ3n) is 4.33. The summed E-state index contributed by atoms with van der Waals surface area (Å²) in [5.74, 6) is -0.263. The average Bonchev–Trinajstić information content (AvgIpc) is 2.67. The highest BCUT2D eigenvalue weighted by atomic mass is 35.5. The van der Waals surface area contributed by atoms with E-state index in [1.54, 1.807) is 36.4 Å². The molecule has 0 aliphatic heterocycles. The first-order chi connectivity index (χ1) is 13.0. The van der Waals surface area contributed by atoms with Crippen molar-refractivity contribution in [2.24, 2.45) is 0 Å². The van der Waals surface area contributed by atoms with Crippen LogP contribution in [0.4, 0.5) is 0 Å². The summed E-state index contributed by atoms with van der Waals surface area (Å²) in [6.45, 7) is 2.46. The van der Waals surface area contributed by atoms with Crippen molar-refractivity contribution in [3.8, 4) is 0 Å². The van der Waals surface area contributed by atoms with Gasteiger partial charge in [-0.3, -0.25) is 9.59 Å². The van der Waals surface area contributed by atoms with Gasteiger partial charge in [-0.2, -0.15) is 0 Å². The van der Waals surface area contributed by atoms with Crippen LogP contribution < -0.4 is 5.32 Å². The molecule has 1 N–H and O–H groups in total. The zero-order valence-corrected chi connectivity index (χ0v) is 15.8. The van der Waals surface area contributed by atoms with Gasteiger partial charge in [0.2, 0.25) is 0 Å². The average molecular weight is 378 g/mol. The molecule has 3 nitrogen and oxygen atoms in total. The number of halogens is 1. The molecule has 0 aliphatic carbocycles. The molecule has 3 aromatic rings. The summed E-state index contributed by atoms with van der Waals surface area (Å²) in [6, 6.07) is 22.0. The Hall–Kier alpha value is -2.91. The van der Waals surface area contributed by atoms with E-state index in [1.165, 1.54) is 5.56 Å². The molecule has 0 bridgehead atoms. The van der Waals surface area contributed by atoms with Crippen LogP contribution in [0.25, 0.3) is 0 Å². The van der Waals surface area contributed by atoms with Gasteiger partial charge in [0.15, 0.2) is 5.78 Å². The summed E-state index contributed by atoms with van der Waals surface area (Å²) < 4.78 is 0. The van der Waals surface area contributed by atoms with Crippen molar-refractivity contribution in [2.45, 2.75) is 19.9 Å². The number of nitrogens with one attached hydrogen (secondary N) is 1. The number of ketones is 1. The second kappa shape index (κ2) is 8.65. The van der Waals surface area contributed by atoms with Crippen molar-refractivity contribution >= 4 is 23.3 Å². The van der Waals surface area contributed by atoms with Crippen LogP contribution in [0.5, 0.6) is 0 Å². The summed E-state index contributed by atoms with van der Waals surface area (Å²) in [7, 11) is 0. The van der Waals surface area contributed by atoms with Crippen LogP contribution in [0.15, 0.2) is 72.8 Å². The zero-order chi connectivity index (χ0) is 19.2. The van der Waals surface area contributed by atoms with Gasteiger partial charge in [-0.1, -0.05) is 71.8 Å². The van der Waals surface area contributed by atoms with Crippen molar-refractivity contribution in [1.29, 1.82) is 0 Å². The summed E-state index contributed by atoms with van der Waals surface area (Å²) in [5, 5.41) is 3.44. The molecule has 0 aromatic heterocycles. The van der Waals surface area contributed by atoms with Crippen LogP contribution in [0.3, 0.4) is 0 Å². The first kappa shape index (κ1) is 18.9. The van der Waals surface area contributed by atoms with Gasteiger partial charge in [0, 0.05) is 29.1 Å². The van der Waals surface area contributed by atoms with E-state index >= 15 is 0 Å². The number of hydrogen-bond acceptors (Lipinski definition) is 2. The van der Waals surface area contributed by atoms with Gasteiger partial charge in [-0.25, -0.2) is 0 Å². The number of amides is 1. The lowest BCUT2D eigenvalue weighted by atomic mass is 9.98. The Morgan fingerprint density at radius 3 is 2.41 bits per heavy atom. The third kappa shape index (κ3) is 5.05. The van der Waals surface area contributed by atoms with E-state index < -0.39 is 0 Å². The number of hydrogen-bond donors (Lipinski definition) is 1. The van der Waals surface area contributed by atoms with Crippen LogP contribution in [0, 0.1) is 6.92 Å². The SMILES string of the molecule is Cc1ccc(CNC(=O)c2ccccc2CC(=O)c2cccc(Cl)c2)cc1. The predicted octanol–water partition coefficient (Wildman–Crippen LogP) is 5.00. The van der Waals surface area contributed by atoms with Gasteiger partial charge in [0.05, 0.1) is 0 Å². The van der Waals surface area contributed by atoms with Crippen LogP contribution >= 0.6 is 11.6 Å². The van der Waals surface area contributed by atoms with Crippen LogP contribution in [0.2, 0.25) is 5.02 Å². The minimum atomic E-state index is -0.190. The number of rotatable bonds is 6. The maximum absolute atomic E-state index is 12.6. The molecule has 0 saturated heterocycles. The molecule has 4 heteroatoms. The number of Topliss-reactive ketones (excluding diaryl/α,β-unsaturated/α-hetero) is 1. The molecule has 3 rings (SSSR count). The Kier molecular flexibility index (Phi) is 6.05. The van der Waals surface area contributed by atoms with Gasteiger partial charge in [-0.15, -0.1) is 0 Å². The van der Waals surface area contributed by atoms with Crippen LogP contribution in [0.1, 0.15) is 37.4 Å². The molecule has 27 heavy (non-hydrogen) atoms. The predicted molar refractivity (Wildman–Crippen MR) is 108 cm³/mol. The molecule has 0 spiro atoms. The van der Waals surface area contributed by atoms with Crippen LogP contribution in [-0.4, -0.2) is 11.7 Å². The van der Waals surface area contributed by atoms with Gasteiger partial charge in [0.25, 0.3) is 5.91 Å². The Morgan fingerprint density at radius 1 is 0.926 bits per heavy atom. The van der Waals surface area contributed by atoms with Crippen LogP contribution in [-0.2, 0) is 13.0 Å². The molecule has 1 amide bonds. The van der Waals surface area contributed by atoms with E-state index in [9.17, 15) is 9.59 Å². The maximum Gasteiger partial charge on any atom is 0.251 e. The van der Waals surface area contributed by atoms with E-state index in [0.717, 1.165) is 5.56 Å². The zero-order valence-electron chi connectivity index (χ0n) is 15.0. The summed E-state index contributed by atoms with van der Waals surface area (Å²) in [6.07, 6.45) is 0.147. The molecular formula is C23H20ClNO2. The van der Waals surface area contributed by atoms with Crippen molar-refractivity contribution in [3.63, 3.8) is 0 Å². The molecule has 0 heterocycles. The molecule has 0 fully saturated rings. The fraction of sp³-hybridized carbons (Fsp3) is 0.130. The third-order valence-corrected chi connectivity index (χ3v) is 4.57. The first-order valence-corrected chi connectivity index (χ1v) is 9.11. The Labute approximate surface area is 164 Å². The standard InChI is InChI=1S/C23H20ClNO2/c1-16-9-11-17(12-10-16)15-25-23(27)21-8-3-2-5-18(21)14-22(26)19-6-4-7-20(24)13-19/h2-13H,14-15H2,1H3,(H,25,27). The van der Waals surface area contributed by atoms with E-state index in [-0.39, 0.29) is 18.1 Å². The highest BCUT2D eigenvalue weighted by molar-refractivity contribution is 6.31. The van der Waals surface area contributed by atoms with Gasteiger partial charge >= 0.3 is 0 Å². The van der Waals surface area contributed by atoms with Crippen molar-refractivity contribution < 1.29 is 9.59 Å². The summed E-state index contributed by atoms with van der Waals surface area (Å²) in [5.41, 5.74) is 3.96. The fourth-order valence-electron chi connectivity index (χ4n) is 2.82. The number of carbonyl (C=O) groups excluding carboxylic acids is 2. The van der Waals surface area contributed by atoms with E-state index in [4.69, 9.17) is 11.6 Å². The Bertz CT molecular complexity index is 964. The lowest BCUT2D eigenvalue weighted by Gasteiger charge is -2.10.